The molecule has 0 aromatic heterocycles. The van der Waals surface area contributed by atoms with E-state index >= 15 is 0 Å². The van der Waals surface area contributed by atoms with Gasteiger partial charge < -0.3 is 10.2 Å². The average Bonchev–Trinajstić information content (AvgIpc) is 2.64. The SMILES string of the molecule is CN1C(=O)C(C2CCNCC2)c2ccccc21. The van der Waals surface area contributed by atoms with Crippen LogP contribution in [0, 0.1) is 5.92 Å². The highest BCUT2D eigenvalue weighted by atomic mass is 16.2. The highest BCUT2D eigenvalue weighted by Gasteiger charge is 2.40. The topological polar surface area (TPSA) is 32.3 Å². The van der Waals surface area contributed by atoms with E-state index in [9.17, 15) is 4.79 Å². The number of anilines is 1. The fourth-order valence-electron chi connectivity index (χ4n) is 3.15. The molecule has 3 heteroatoms. The van der Waals surface area contributed by atoms with Gasteiger partial charge in [0.2, 0.25) is 5.91 Å². The van der Waals surface area contributed by atoms with E-state index in [-0.39, 0.29) is 11.8 Å². The Hall–Kier alpha value is -1.35. The van der Waals surface area contributed by atoms with Crippen molar-refractivity contribution < 1.29 is 4.79 Å². The van der Waals surface area contributed by atoms with Crippen molar-refractivity contribution in [2.45, 2.75) is 18.8 Å². The largest absolute Gasteiger partial charge is 0.317 e. The number of carbonyl (C=O) groups excluding carboxylic acids is 1. The molecule has 1 aromatic carbocycles. The van der Waals surface area contributed by atoms with Gasteiger partial charge in [0.05, 0.1) is 5.92 Å². The number of benzene rings is 1. The highest BCUT2D eigenvalue weighted by molar-refractivity contribution is 6.04. The molecule has 1 N–H and O–H groups in total. The van der Waals surface area contributed by atoms with Gasteiger partial charge in [0.25, 0.3) is 0 Å². The smallest absolute Gasteiger partial charge is 0.234 e. The molecule has 17 heavy (non-hydrogen) atoms. The molecule has 0 aliphatic carbocycles. The first-order valence-corrected chi connectivity index (χ1v) is 6.36. The molecule has 2 heterocycles. The van der Waals surface area contributed by atoms with Crippen molar-refractivity contribution in [1.82, 2.24) is 5.32 Å². The van der Waals surface area contributed by atoms with Crippen molar-refractivity contribution in [3.8, 4) is 0 Å². The predicted molar refractivity (Wildman–Crippen MR) is 68.2 cm³/mol. The third kappa shape index (κ3) is 1.65. The maximum atomic E-state index is 12.4. The molecule has 0 bridgehead atoms. The normalized spacial score (nSPS) is 25.1. The van der Waals surface area contributed by atoms with Crippen molar-refractivity contribution in [2.24, 2.45) is 5.92 Å². The molecule has 3 rings (SSSR count). The Bertz CT molecular complexity index is 438. The number of amides is 1. The van der Waals surface area contributed by atoms with Gasteiger partial charge in [0.1, 0.15) is 0 Å². The summed E-state index contributed by atoms with van der Waals surface area (Å²) in [7, 11) is 1.89. The lowest BCUT2D eigenvalue weighted by atomic mass is 9.81. The van der Waals surface area contributed by atoms with E-state index in [0.29, 0.717) is 5.92 Å². The summed E-state index contributed by atoms with van der Waals surface area (Å²) in [5, 5.41) is 3.36. The lowest BCUT2D eigenvalue weighted by Gasteiger charge is -2.27. The standard InChI is InChI=1S/C14H18N2O/c1-16-12-5-3-2-4-11(12)13(14(16)17)10-6-8-15-9-7-10/h2-5,10,13,15H,6-9H2,1H3. The molecular formula is C14H18N2O. The molecule has 3 nitrogen and oxygen atoms in total. The van der Waals surface area contributed by atoms with Gasteiger partial charge in [-0.2, -0.15) is 0 Å². The number of fused-ring (bicyclic) bond motifs is 1. The summed E-state index contributed by atoms with van der Waals surface area (Å²) in [6.07, 6.45) is 2.22. The molecule has 1 aromatic rings. The minimum Gasteiger partial charge on any atom is -0.317 e. The summed E-state index contributed by atoms with van der Waals surface area (Å²) in [5.74, 6) is 0.881. The van der Waals surface area contributed by atoms with Crippen molar-refractivity contribution in [2.75, 3.05) is 25.0 Å². The van der Waals surface area contributed by atoms with Gasteiger partial charge in [0.15, 0.2) is 0 Å². The van der Waals surface area contributed by atoms with Crippen LogP contribution in [0.1, 0.15) is 24.3 Å². The molecule has 1 unspecified atom stereocenters. The monoisotopic (exact) mass is 230 g/mol. The van der Waals surface area contributed by atoms with E-state index in [1.165, 1.54) is 5.56 Å². The van der Waals surface area contributed by atoms with Crippen LogP contribution in [-0.4, -0.2) is 26.0 Å². The third-order valence-electron chi connectivity index (χ3n) is 4.09. The molecule has 1 atom stereocenters. The first kappa shape index (κ1) is 10.8. The second-order valence-electron chi connectivity index (χ2n) is 5.02. The maximum Gasteiger partial charge on any atom is 0.234 e. The number of likely N-dealkylation sites (N-methyl/N-ethyl adjacent to an activating group) is 1. The number of carbonyl (C=O) groups is 1. The van der Waals surface area contributed by atoms with Crippen LogP contribution >= 0.6 is 0 Å². The zero-order chi connectivity index (χ0) is 11.8. The second kappa shape index (κ2) is 4.15. The van der Waals surface area contributed by atoms with Crippen LogP contribution in [0.5, 0.6) is 0 Å². The van der Waals surface area contributed by atoms with Gasteiger partial charge in [-0.05, 0) is 43.5 Å². The molecule has 1 amide bonds. The molecule has 2 aliphatic rings. The number of hydrogen-bond acceptors (Lipinski definition) is 2. The first-order chi connectivity index (χ1) is 8.29. The van der Waals surface area contributed by atoms with Gasteiger partial charge in [-0.3, -0.25) is 4.79 Å². The van der Waals surface area contributed by atoms with Crippen LogP contribution in [0.3, 0.4) is 0 Å². The van der Waals surface area contributed by atoms with Gasteiger partial charge in [-0.25, -0.2) is 0 Å². The zero-order valence-corrected chi connectivity index (χ0v) is 10.1. The predicted octanol–water partition coefficient (Wildman–Crippen LogP) is 1.75. The molecule has 90 valence electrons. The number of nitrogens with one attached hydrogen (secondary N) is 1. The Balaban J connectivity index is 1.97. The van der Waals surface area contributed by atoms with Gasteiger partial charge in [0, 0.05) is 12.7 Å². The van der Waals surface area contributed by atoms with E-state index in [0.717, 1.165) is 31.6 Å². The van der Waals surface area contributed by atoms with Crippen LogP contribution in [0.4, 0.5) is 5.69 Å². The first-order valence-electron chi connectivity index (χ1n) is 6.36. The summed E-state index contributed by atoms with van der Waals surface area (Å²) in [5.41, 5.74) is 2.33. The Labute approximate surface area is 102 Å². The second-order valence-corrected chi connectivity index (χ2v) is 5.02. The number of para-hydroxylation sites is 1. The average molecular weight is 230 g/mol. The van der Waals surface area contributed by atoms with Crippen LogP contribution in [-0.2, 0) is 4.79 Å². The fraction of sp³-hybridized carbons (Fsp3) is 0.500. The number of hydrogen-bond donors (Lipinski definition) is 1. The maximum absolute atomic E-state index is 12.4. The number of piperidine rings is 1. The molecular weight excluding hydrogens is 212 g/mol. The summed E-state index contributed by atoms with van der Waals surface area (Å²) >= 11 is 0. The molecule has 1 fully saturated rings. The molecule has 2 aliphatic heterocycles. The van der Waals surface area contributed by atoms with Crippen molar-refractivity contribution in [3.63, 3.8) is 0 Å². The van der Waals surface area contributed by atoms with Crippen LogP contribution in [0.2, 0.25) is 0 Å². The Morgan fingerprint density at radius 2 is 1.94 bits per heavy atom. The van der Waals surface area contributed by atoms with Crippen LogP contribution in [0.25, 0.3) is 0 Å². The Morgan fingerprint density at radius 3 is 2.71 bits per heavy atom. The summed E-state index contributed by atoms with van der Waals surface area (Å²) in [6, 6.07) is 8.21. The van der Waals surface area contributed by atoms with E-state index in [1.54, 1.807) is 0 Å². The number of rotatable bonds is 1. The van der Waals surface area contributed by atoms with E-state index in [2.05, 4.69) is 11.4 Å². The zero-order valence-electron chi connectivity index (χ0n) is 10.1. The number of nitrogens with zero attached hydrogens (tertiary/aromatic N) is 1. The minimum absolute atomic E-state index is 0.0956. The summed E-state index contributed by atoms with van der Waals surface area (Å²) < 4.78 is 0. The van der Waals surface area contributed by atoms with Crippen molar-refractivity contribution >= 4 is 11.6 Å². The van der Waals surface area contributed by atoms with Gasteiger partial charge in [-0.1, -0.05) is 18.2 Å². The lowest BCUT2D eigenvalue weighted by molar-refractivity contribution is -0.120. The summed E-state index contributed by atoms with van der Waals surface area (Å²) in [6.45, 7) is 2.08. The molecule has 0 radical (unpaired) electrons. The summed E-state index contributed by atoms with van der Waals surface area (Å²) in [4.78, 5) is 14.2. The van der Waals surface area contributed by atoms with Crippen molar-refractivity contribution in [1.29, 1.82) is 0 Å². The van der Waals surface area contributed by atoms with Gasteiger partial charge >= 0.3 is 0 Å². The van der Waals surface area contributed by atoms with E-state index < -0.39 is 0 Å². The molecule has 0 saturated carbocycles. The van der Waals surface area contributed by atoms with Crippen molar-refractivity contribution in [3.05, 3.63) is 29.8 Å². The van der Waals surface area contributed by atoms with Crippen LogP contribution < -0.4 is 10.2 Å². The highest BCUT2D eigenvalue weighted by Crippen LogP contribution is 2.42. The quantitative estimate of drug-likeness (QED) is 0.797. The fourth-order valence-corrected chi connectivity index (χ4v) is 3.15. The minimum atomic E-state index is 0.0956. The third-order valence-corrected chi connectivity index (χ3v) is 4.09. The van der Waals surface area contributed by atoms with Gasteiger partial charge in [-0.15, -0.1) is 0 Å². The molecule has 0 spiro atoms. The Kier molecular flexibility index (Phi) is 2.63. The Morgan fingerprint density at radius 1 is 1.24 bits per heavy atom. The lowest BCUT2D eigenvalue weighted by Crippen LogP contribution is -2.35. The van der Waals surface area contributed by atoms with E-state index in [1.807, 2.05) is 30.1 Å². The molecule has 1 saturated heterocycles. The van der Waals surface area contributed by atoms with Crippen LogP contribution in [0.15, 0.2) is 24.3 Å². The van der Waals surface area contributed by atoms with E-state index in [4.69, 9.17) is 0 Å².